The van der Waals surface area contributed by atoms with Crippen molar-refractivity contribution in [2.75, 3.05) is 27.4 Å². The molecular weight excluding hydrogens is 304 g/mol. The van der Waals surface area contributed by atoms with Crippen LogP contribution in [0.4, 0.5) is 0 Å². The average molecular weight is 326 g/mol. The van der Waals surface area contributed by atoms with Crippen LogP contribution in [0.3, 0.4) is 0 Å². The van der Waals surface area contributed by atoms with Gasteiger partial charge < -0.3 is 14.4 Å². The van der Waals surface area contributed by atoms with Gasteiger partial charge in [-0.05, 0) is 36.6 Å². The summed E-state index contributed by atoms with van der Waals surface area (Å²) in [5.41, 5.74) is 2.58. The second kappa shape index (κ2) is 7.45. The maximum Gasteiger partial charge on any atom is 0.254 e. The molecule has 1 aliphatic heterocycles. The van der Waals surface area contributed by atoms with Gasteiger partial charge in [0.1, 0.15) is 5.75 Å². The van der Waals surface area contributed by atoms with Gasteiger partial charge in [-0.1, -0.05) is 12.1 Å². The molecule has 0 bridgehead atoms. The van der Waals surface area contributed by atoms with Crippen LogP contribution in [-0.2, 0) is 4.74 Å². The van der Waals surface area contributed by atoms with Crippen molar-refractivity contribution in [2.24, 2.45) is 0 Å². The molecule has 126 valence electrons. The van der Waals surface area contributed by atoms with Crippen molar-refractivity contribution >= 4 is 5.91 Å². The molecule has 24 heavy (non-hydrogen) atoms. The lowest BCUT2D eigenvalue weighted by molar-refractivity contribution is 0.0630. The third-order valence-corrected chi connectivity index (χ3v) is 4.39. The molecule has 1 atom stereocenters. The zero-order valence-corrected chi connectivity index (χ0v) is 14.1. The summed E-state index contributed by atoms with van der Waals surface area (Å²) in [6.45, 7) is 1.38. The number of amides is 1. The topological polar surface area (TPSA) is 51.7 Å². The number of carbonyl (C=O) groups is 1. The molecule has 0 N–H and O–H groups in total. The fourth-order valence-corrected chi connectivity index (χ4v) is 3.15. The Labute approximate surface area is 142 Å². The molecule has 0 saturated carbocycles. The monoisotopic (exact) mass is 326 g/mol. The van der Waals surface area contributed by atoms with Gasteiger partial charge in [-0.25, -0.2) is 0 Å². The average Bonchev–Trinajstić information content (AvgIpc) is 3.10. The molecule has 0 radical (unpaired) electrons. The molecule has 1 aliphatic rings. The van der Waals surface area contributed by atoms with Gasteiger partial charge in [0.15, 0.2) is 0 Å². The van der Waals surface area contributed by atoms with E-state index < -0.39 is 0 Å². The minimum Gasteiger partial charge on any atom is -0.495 e. The Hall–Kier alpha value is -2.40. The maximum atomic E-state index is 12.9. The molecule has 0 aliphatic carbocycles. The minimum absolute atomic E-state index is 0.0623. The second-order valence-electron chi connectivity index (χ2n) is 5.94. The summed E-state index contributed by atoms with van der Waals surface area (Å²) in [6, 6.07) is 9.75. The molecule has 2 aromatic rings. The van der Waals surface area contributed by atoms with E-state index in [1.165, 1.54) is 0 Å². The molecule has 0 unspecified atom stereocenters. The number of carbonyl (C=O) groups excluding carboxylic acids is 1. The summed E-state index contributed by atoms with van der Waals surface area (Å²) < 4.78 is 10.5. The predicted octanol–water partition coefficient (Wildman–Crippen LogP) is 3.01. The number of hydrogen-bond donors (Lipinski definition) is 0. The van der Waals surface area contributed by atoms with Crippen molar-refractivity contribution in [1.29, 1.82) is 0 Å². The molecule has 2 heterocycles. The highest BCUT2D eigenvalue weighted by Gasteiger charge is 2.29. The van der Waals surface area contributed by atoms with E-state index in [9.17, 15) is 4.79 Å². The predicted molar refractivity (Wildman–Crippen MR) is 92.2 cm³/mol. The highest BCUT2D eigenvalue weighted by Crippen LogP contribution is 2.25. The minimum atomic E-state index is 0.0623. The third kappa shape index (κ3) is 3.41. The highest BCUT2D eigenvalue weighted by atomic mass is 16.5. The van der Waals surface area contributed by atoms with Crippen LogP contribution in [0.15, 0.2) is 42.7 Å². The Bertz CT molecular complexity index is 717. The third-order valence-electron chi connectivity index (χ3n) is 4.39. The number of nitrogens with zero attached hydrogens (tertiary/aromatic N) is 2. The number of ether oxygens (including phenoxy) is 2. The van der Waals surface area contributed by atoms with E-state index in [4.69, 9.17) is 9.47 Å². The Morgan fingerprint density at radius 1 is 1.25 bits per heavy atom. The van der Waals surface area contributed by atoms with E-state index >= 15 is 0 Å². The number of benzene rings is 1. The number of methoxy groups -OCH3 is 2. The van der Waals surface area contributed by atoms with Crippen LogP contribution in [0, 0.1) is 0 Å². The van der Waals surface area contributed by atoms with Gasteiger partial charge in [-0.2, -0.15) is 0 Å². The Balaban J connectivity index is 1.86. The van der Waals surface area contributed by atoms with Gasteiger partial charge >= 0.3 is 0 Å². The summed E-state index contributed by atoms with van der Waals surface area (Å²) in [4.78, 5) is 19.0. The van der Waals surface area contributed by atoms with Gasteiger partial charge in [-0.15, -0.1) is 0 Å². The van der Waals surface area contributed by atoms with Crippen molar-refractivity contribution in [1.82, 2.24) is 9.88 Å². The van der Waals surface area contributed by atoms with Crippen LogP contribution in [0.2, 0.25) is 0 Å². The Morgan fingerprint density at radius 2 is 2.12 bits per heavy atom. The van der Waals surface area contributed by atoms with Gasteiger partial charge in [-0.3, -0.25) is 9.78 Å². The van der Waals surface area contributed by atoms with Gasteiger partial charge in [0, 0.05) is 31.0 Å². The lowest BCUT2D eigenvalue weighted by Gasteiger charge is -2.24. The Morgan fingerprint density at radius 3 is 2.92 bits per heavy atom. The molecule has 0 spiro atoms. The van der Waals surface area contributed by atoms with Gasteiger partial charge in [0.2, 0.25) is 0 Å². The highest BCUT2D eigenvalue weighted by molar-refractivity contribution is 5.95. The zero-order valence-electron chi connectivity index (χ0n) is 14.1. The van der Waals surface area contributed by atoms with Crippen molar-refractivity contribution in [3.63, 3.8) is 0 Å². The fourth-order valence-electron chi connectivity index (χ4n) is 3.15. The number of pyridine rings is 1. The summed E-state index contributed by atoms with van der Waals surface area (Å²) in [7, 11) is 3.29. The summed E-state index contributed by atoms with van der Waals surface area (Å²) in [5, 5.41) is 0. The first-order chi connectivity index (χ1) is 11.7. The normalized spacial score (nSPS) is 17.1. The fraction of sp³-hybridized carbons (Fsp3) is 0.368. The first-order valence-corrected chi connectivity index (χ1v) is 8.12. The van der Waals surface area contributed by atoms with Crippen LogP contribution >= 0.6 is 0 Å². The molecule has 1 amide bonds. The first-order valence-electron chi connectivity index (χ1n) is 8.12. The smallest absolute Gasteiger partial charge is 0.254 e. The van der Waals surface area contributed by atoms with Crippen molar-refractivity contribution in [3.8, 4) is 16.9 Å². The number of likely N-dealkylation sites (tertiary alicyclic amines) is 1. The van der Waals surface area contributed by atoms with E-state index in [1.807, 2.05) is 35.2 Å². The van der Waals surface area contributed by atoms with E-state index in [2.05, 4.69) is 4.98 Å². The van der Waals surface area contributed by atoms with Crippen molar-refractivity contribution in [3.05, 3.63) is 48.3 Å². The van der Waals surface area contributed by atoms with Gasteiger partial charge in [0.05, 0.1) is 26.0 Å². The molecule has 1 fully saturated rings. The second-order valence-corrected chi connectivity index (χ2v) is 5.94. The van der Waals surface area contributed by atoms with Crippen molar-refractivity contribution < 1.29 is 14.3 Å². The summed E-state index contributed by atoms with van der Waals surface area (Å²) in [6.07, 6.45) is 5.46. The molecule has 5 nitrogen and oxygen atoms in total. The van der Waals surface area contributed by atoms with E-state index in [1.54, 1.807) is 26.6 Å². The standard InChI is InChI=1S/C19H22N2O3/c1-23-13-17-7-4-8-21(17)19(22)15-6-3-5-14(9-15)16-10-18(24-2)12-20-11-16/h3,5-6,9-12,17H,4,7-8,13H2,1-2H3/t17-/m0/s1. The summed E-state index contributed by atoms with van der Waals surface area (Å²) >= 11 is 0. The van der Waals surface area contributed by atoms with E-state index in [0.717, 1.165) is 30.5 Å². The quantitative estimate of drug-likeness (QED) is 0.847. The first kappa shape index (κ1) is 16.5. The summed E-state index contributed by atoms with van der Waals surface area (Å²) in [5.74, 6) is 0.760. The van der Waals surface area contributed by atoms with Crippen molar-refractivity contribution in [2.45, 2.75) is 18.9 Å². The lowest BCUT2D eigenvalue weighted by atomic mass is 10.0. The molecular formula is C19H22N2O3. The molecule has 1 aromatic carbocycles. The largest absolute Gasteiger partial charge is 0.495 e. The number of rotatable bonds is 5. The zero-order chi connectivity index (χ0) is 16.9. The molecule has 5 heteroatoms. The van der Waals surface area contributed by atoms with Gasteiger partial charge in [0.25, 0.3) is 5.91 Å². The van der Waals surface area contributed by atoms with Crippen LogP contribution in [0.1, 0.15) is 23.2 Å². The van der Waals surface area contributed by atoms with E-state index in [0.29, 0.717) is 17.9 Å². The molecule has 1 saturated heterocycles. The lowest BCUT2D eigenvalue weighted by Crippen LogP contribution is -2.38. The SMILES string of the molecule is COC[C@@H]1CCCN1C(=O)c1cccc(-c2cncc(OC)c2)c1. The van der Waals surface area contributed by atoms with E-state index in [-0.39, 0.29) is 11.9 Å². The maximum absolute atomic E-state index is 12.9. The molecule has 1 aromatic heterocycles. The van der Waals surface area contributed by atoms with Crippen LogP contribution < -0.4 is 4.74 Å². The number of hydrogen-bond acceptors (Lipinski definition) is 4. The van der Waals surface area contributed by atoms with Crippen LogP contribution in [0.25, 0.3) is 11.1 Å². The number of aromatic nitrogens is 1. The van der Waals surface area contributed by atoms with Crippen LogP contribution in [0.5, 0.6) is 5.75 Å². The molecule has 3 rings (SSSR count). The van der Waals surface area contributed by atoms with Crippen LogP contribution in [-0.4, -0.2) is 49.2 Å². The Kier molecular flexibility index (Phi) is 5.11.